The summed E-state index contributed by atoms with van der Waals surface area (Å²) >= 11 is 7.30. The highest BCUT2D eigenvalue weighted by Gasteiger charge is 2.74. The van der Waals surface area contributed by atoms with E-state index in [2.05, 4.69) is 0 Å². The highest BCUT2D eigenvalue weighted by molar-refractivity contribution is 6.26. The van der Waals surface area contributed by atoms with Crippen LogP contribution in [0.4, 0.5) is 0 Å². The molecular formula is C22H29ClO5. The van der Waals surface area contributed by atoms with Gasteiger partial charge in [0.1, 0.15) is 12.2 Å². The highest BCUT2D eigenvalue weighted by Crippen LogP contribution is 2.71. The van der Waals surface area contributed by atoms with Crippen molar-refractivity contribution in [3.63, 3.8) is 0 Å². The molecule has 4 rings (SSSR count). The van der Waals surface area contributed by atoms with Gasteiger partial charge in [-0.05, 0) is 55.6 Å². The van der Waals surface area contributed by atoms with E-state index >= 15 is 0 Å². The van der Waals surface area contributed by atoms with Crippen molar-refractivity contribution in [1.82, 2.24) is 0 Å². The number of Topliss-reactive ketones (excluding diaryl/α,β-unsaturated/α-hetero) is 1. The van der Waals surface area contributed by atoms with E-state index in [0.29, 0.717) is 19.3 Å². The number of aliphatic hydroxyl groups is 3. The zero-order valence-electron chi connectivity index (χ0n) is 16.6. The lowest BCUT2D eigenvalue weighted by Gasteiger charge is -2.63. The van der Waals surface area contributed by atoms with Gasteiger partial charge in [0.25, 0.3) is 0 Å². The molecule has 8 atom stereocenters. The first-order chi connectivity index (χ1) is 13.0. The van der Waals surface area contributed by atoms with Crippen LogP contribution < -0.4 is 0 Å². The van der Waals surface area contributed by atoms with Crippen molar-refractivity contribution in [1.29, 1.82) is 0 Å². The number of carbonyl (C=O) groups excluding carboxylic acids is 2. The predicted octanol–water partition coefficient (Wildman–Crippen LogP) is 2.17. The molecule has 0 spiro atoms. The van der Waals surface area contributed by atoms with Gasteiger partial charge >= 0.3 is 0 Å². The van der Waals surface area contributed by atoms with E-state index in [1.807, 2.05) is 26.8 Å². The zero-order chi connectivity index (χ0) is 20.7. The summed E-state index contributed by atoms with van der Waals surface area (Å²) in [5.41, 5.74) is -2.25. The Bertz CT molecular complexity index is 805. The van der Waals surface area contributed by atoms with E-state index in [4.69, 9.17) is 11.6 Å². The average molecular weight is 409 g/mol. The van der Waals surface area contributed by atoms with Gasteiger partial charge in [-0.25, -0.2) is 0 Å². The number of fused-ring (bicyclic) bond motifs is 5. The van der Waals surface area contributed by atoms with Crippen molar-refractivity contribution in [2.75, 3.05) is 6.61 Å². The third-order valence-corrected chi connectivity index (χ3v) is 9.72. The Hall–Kier alpha value is -1.01. The lowest BCUT2D eigenvalue weighted by Crippen LogP contribution is -2.69. The number of carbonyl (C=O) groups is 2. The number of alkyl halides is 1. The van der Waals surface area contributed by atoms with Crippen LogP contribution in [0, 0.1) is 28.6 Å². The van der Waals surface area contributed by atoms with Gasteiger partial charge in [-0.3, -0.25) is 9.59 Å². The third kappa shape index (κ3) is 2.09. The summed E-state index contributed by atoms with van der Waals surface area (Å²) in [6, 6.07) is 0. The molecule has 0 aromatic heterocycles. The molecule has 1 unspecified atom stereocenters. The summed E-state index contributed by atoms with van der Waals surface area (Å²) in [5, 5.41) is 32.3. The van der Waals surface area contributed by atoms with E-state index in [1.54, 1.807) is 6.08 Å². The third-order valence-electron chi connectivity index (χ3n) is 8.79. The lowest BCUT2D eigenvalue weighted by molar-refractivity contribution is -0.179. The number of hydrogen-bond acceptors (Lipinski definition) is 5. The van der Waals surface area contributed by atoms with Gasteiger partial charge in [-0.1, -0.05) is 32.4 Å². The molecule has 3 fully saturated rings. The number of ketones is 2. The maximum Gasteiger partial charge on any atom is 0.190 e. The topological polar surface area (TPSA) is 94.8 Å². The Kier molecular flexibility index (Phi) is 4.35. The van der Waals surface area contributed by atoms with Crippen LogP contribution in [-0.2, 0) is 9.59 Å². The fourth-order valence-corrected chi connectivity index (χ4v) is 7.78. The van der Waals surface area contributed by atoms with E-state index in [-0.39, 0.29) is 30.0 Å². The Morgan fingerprint density at radius 1 is 1.32 bits per heavy atom. The molecule has 3 N–H and O–H groups in total. The van der Waals surface area contributed by atoms with E-state index < -0.39 is 39.8 Å². The minimum Gasteiger partial charge on any atom is -0.391 e. The second kappa shape index (κ2) is 6.00. The fourth-order valence-electron chi connectivity index (χ4n) is 7.26. The summed E-state index contributed by atoms with van der Waals surface area (Å²) in [7, 11) is 0. The summed E-state index contributed by atoms with van der Waals surface area (Å²) in [4.78, 5) is 23.5. The normalized spacial score (nSPS) is 52.5. The molecule has 0 heterocycles. The van der Waals surface area contributed by atoms with Crippen LogP contribution in [0.25, 0.3) is 0 Å². The van der Waals surface area contributed by atoms with Gasteiger partial charge in [0, 0.05) is 10.8 Å². The predicted molar refractivity (Wildman–Crippen MR) is 105 cm³/mol. The quantitative estimate of drug-likeness (QED) is 0.608. The number of aliphatic hydroxyl groups excluding tert-OH is 2. The van der Waals surface area contributed by atoms with Gasteiger partial charge in [-0.2, -0.15) is 0 Å². The molecule has 28 heavy (non-hydrogen) atoms. The largest absolute Gasteiger partial charge is 0.391 e. The van der Waals surface area contributed by atoms with Crippen LogP contribution in [0.3, 0.4) is 0 Å². The molecule has 0 radical (unpaired) electrons. The van der Waals surface area contributed by atoms with Gasteiger partial charge in [0.2, 0.25) is 0 Å². The Balaban J connectivity index is 1.84. The second-order valence-corrected chi connectivity index (χ2v) is 10.4. The van der Waals surface area contributed by atoms with Crippen LogP contribution in [0.15, 0.2) is 23.8 Å². The molecule has 4 aliphatic rings. The molecule has 0 aromatic rings. The molecule has 0 aliphatic heterocycles. The Morgan fingerprint density at radius 2 is 2.00 bits per heavy atom. The lowest BCUT2D eigenvalue weighted by atomic mass is 9.45. The van der Waals surface area contributed by atoms with Crippen LogP contribution in [0.2, 0.25) is 0 Å². The Labute approximate surface area is 170 Å². The molecule has 5 nitrogen and oxygen atoms in total. The number of rotatable bonds is 2. The second-order valence-electron chi connectivity index (χ2n) is 9.75. The maximum absolute atomic E-state index is 12.6. The number of hydrogen-bond donors (Lipinski definition) is 3. The summed E-state index contributed by atoms with van der Waals surface area (Å²) in [6.07, 6.45) is 6.22. The zero-order valence-corrected chi connectivity index (χ0v) is 17.4. The van der Waals surface area contributed by atoms with Crippen molar-refractivity contribution < 1.29 is 24.9 Å². The first-order valence-corrected chi connectivity index (χ1v) is 10.5. The summed E-state index contributed by atoms with van der Waals surface area (Å²) in [6.45, 7) is 4.97. The van der Waals surface area contributed by atoms with Crippen LogP contribution in [-0.4, -0.2) is 50.1 Å². The molecule has 0 bridgehead atoms. The molecule has 0 saturated heterocycles. The van der Waals surface area contributed by atoms with Gasteiger partial charge in [0.05, 0.1) is 11.0 Å². The van der Waals surface area contributed by atoms with Crippen molar-refractivity contribution in [2.24, 2.45) is 28.6 Å². The van der Waals surface area contributed by atoms with Crippen molar-refractivity contribution >= 4 is 23.2 Å². The van der Waals surface area contributed by atoms with Crippen LogP contribution in [0.1, 0.15) is 46.5 Å². The molecular weight excluding hydrogens is 380 g/mol. The minimum absolute atomic E-state index is 0.0567. The molecule has 4 aliphatic carbocycles. The summed E-state index contributed by atoms with van der Waals surface area (Å²) in [5.74, 6) is -1.15. The number of allylic oxidation sites excluding steroid dienone is 4. The van der Waals surface area contributed by atoms with Crippen molar-refractivity contribution in [2.45, 2.75) is 63.0 Å². The van der Waals surface area contributed by atoms with Gasteiger partial charge in [0.15, 0.2) is 11.6 Å². The SMILES string of the molecule is C[C@H]1C[C@H]2[C@@H]3CCC4=CC(=O)C=CC4(C)[C@@]3(Cl)[C@@H](O)C[C@]2(C)[C@@]1(O)C(=O)CO. The molecule has 3 saturated carbocycles. The van der Waals surface area contributed by atoms with Gasteiger partial charge < -0.3 is 15.3 Å². The van der Waals surface area contributed by atoms with Crippen LogP contribution in [0.5, 0.6) is 0 Å². The van der Waals surface area contributed by atoms with Gasteiger partial charge in [-0.15, -0.1) is 11.6 Å². The fraction of sp³-hybridized carbons (Fsp3) is 0.727. The molecule has 0 aromatic carbocycles. The summed E-state index contributed by atoms with van der Waals surface area (Å²) < 4.78 is 0. The Morgan fingerprint density at radius 3 is 2.64 bits per heavy atom. The monoisotopic (exact) mass is 408 g/mol. The average Bonchev–Trinajstić information content (AvgIpc) is 2.84. The molecule has 154 valence electrons. The highest BCUT2D eigenvalue weighted by atomic mass is 35.5. The van der Waals surface area contributed by atoms with Crippen molar-refractivity contribution in [3.8, 4) is 0 Å². The van der Waals surface area contributed by atoms with E-state index in [1.165, 1.54) is 6.08 Å². The number of halogens is 1. The first-order valence-electron chi connectivity index (χ1n) is 10.1. The molecule has 6 heteroatoms. The van der Waals surface area contributed by atoms with Crippen LogP contribution >= 0.6 is 11.6 Å². The minimum atomic E-state index is -1.68. The van der Waals surface area contributed by atoms with Crippen molar-refractivity contribution in [3.05, 3.63) is 23.8 Å². The maximum atomic E-state index is 12.6. The smallest absolute Gasteiger partial charge is 0.190 e. The first kappa shape index (κ1) is 20.3. The standard InChI is InChI=1S/C22H29ClO5/c1-12-8-16-15-5-4-13-9-14(25)6-7-19(13,2)21(15,23)17(26)10-20(16,3)22(12,28)18(27)11-24/h6-7,9,12,15-17,24,26,28H,4-5,8,10-11H2,1-3H3/t12-,15-,16-,17-,19?,20-,21-,22-/m0/s1. The van der Waals surface area contributed by atoms with E-state index in [9.17, 15) is 24.9 Å². The van der Waals surface area contributed by atoms with E-state index in [0.717, 1.165) is 5.57 Å². The molecule has 0 amide bonds.